The molecule has 3 aromatic heterocycles. The number of aromatic nitrogens is 2. The van der Waals surface area contributed by atoms with Crippen LogP contribution in [0.3, 0.4) is 0 Å². The van der Waals surface area contributed by atoms with Gasteiger partial charge in [0.25, 0.3) is 5.91 Å². The second-order valence-electron chi connectivity index (χ2n) is 7.14. The van der Waals surface area contributed by atoms with Gasteiger partial charge in [-0.15, -0.1) is 11.3 Å². The number of amides is 1. The number of pyridine rings is 2. The highest BCUT2D eigenvalue weighted by Gasteiger charge is 2.31. The highest BCUT2D eigenvalue weighted by atomic mass is 32.1. The molecule has 1 aliphatic heterocycles. The predicted molar refractivity (Wildman–Crippen MR) is 111 cm³/mol. The van der Waals surface area contributed by atoms with E-state index in [-0.39, 0.29) is 11.9 Å². The number of rotatable bonds is 6. The first-order valence-electron chi connectivity index (χ1n) is 9.67. The number of hydrogen-bond donors (Lipinski definition) is 1. The topological polar surface area (TPSA) is 58.1 Å². The molecule has 4 heterocycles. The zero-order chi connectivity index (χ0) is 19.2. The van der Waals surface area contributed by atoms with E-state index < -0.39 is 0 Å². The molecule has 6 heteroatoms. The standard InChI is InChI=1S/C22H24N4OS/c27-22(20-10-6-14-28-20)25-21(19-9-2-4-12-24-19)17-7-5-13-26(15-17)16-18-8-1-3-11-23-18/h1-4,6,8-12,14,17,21H,5,7,13,15-16H2,(H,25,27). The van der Waals surface area contributed by atoms with Crippen LogP contribution < -0.4 is 5.32 Å². The van der Waals surface area contributed by atoms with Gasteiger partial charge in [0.1, 0.15) is 0 Å². The maximum absolute atomic E-state index is 12.8. The molecule has 1 fully saturated rings. The van der Waals surface area contributed by atoms with Crippen LogP contribution in [0.25, 0.3) is 0 Å². The average molecular weight is 393 g/mol. The largest absolute Gasteiger partial charge is 0.343 e. The lowest BCUT2D eigenvalue weighted by atomic mass is 9.88. The van der Waals surface area contributed by atoms with Crippen molar-refractivity contribution in [2.45, 2.75) is 25.4 Å². The SMILES string of the molecule is O=C(NC(c1ccccn1)C1CCCN(Cc2ccccn2)C1)c1cccs1. The predicted octanol–water partition coefficient (Wildman–Crippen LogP) is 3.92. The van der Waals surface area contributed by atoms with Gasteiger partial charge < -0.3 is 5.32 Å². The molecule has 1 saturated heterocycles. The Kier molecular flexibility index (Phi) is 6.09. The van der Waals surface area contributed by atoms with E-state index in [1.165, 1.54) is 11.3 Å². The van der Waals surface area contributed by atoms with Crippen molar-refractivity contribution in [3.8, 4) is 0 Å². The van der Waals surface area contributed by atoms with Crippen LogP contribution in [-0.2, 0) is 6.54 Å². The second kappa shape index (κ2) is 9.08. The maximum Gasteiger partial charge on any atom is 0.261 e. The molecular formula is C22H24N4OS. The van der Waals surface area contributed by atoms with Crippen molar-refractivity contribution < 1.29 is 4.79 Å². The third-order valence-corrected chi connectivity index (χ3v) is 6.03. The molecule has 1 amide bonds. The number of piperidine rings is 1. The van der Waals surface area contributed by atoms with Crippen molar-refractivity contribution >= 4 is 17.2 Å². The molecule has 0 bridgehead atoms. The molecule has 0 aromatic carbocycles. The van der Waals surface area contributed by atoms with Gasteiger partial charge in [0.05, 0.1) is 22.3 Å². The summed E-state index contributed by atoms with van der Waals surface area (Å²) in [6.07, 6.45) is 5.82. The quantitative estimate of drug-likeness (QED) is 0.691. The molecule has 0 aliphatic carbocycles. The van der Waals surface area contributed by atoms with Gasteiger partial charge in [-0.25, -0.2) is 0 Å². The normalized spacial score (nSPS) is 18.5. The summed E-state index contributed by atoms with van der Waals surface area (Å²) in [6.45, 7) is 2.81. The summed E-state index contributed by atoms with van der Waals surface area (Å²) in [4.78, 5) is 24.9. The third-order valence-electron chi connectivity index (χ3n) is 5.16. The van der Waals surface area contributed by atoms with Crippen molar-refractivity contribution in [1.82, 2.24) is 20.2 Å². The zero-order valence-corrected chi connectivity index (χ0v) is 16.5. The Labute approximate surface area is 169 Å². The lowest BCUT2D eigenvalue weighted by Crippen LogP contribution is -2.43. The zero-order valence-electron chi connectivity index (χ0n) is 15.7. The fourth-order valence-electron chi connectivity index (χ4n) is 3.84. The van der Waals surface area contributed by atoms with E-state index in [4.69, 9.17) is 0 Å². The highest BCUT2D eigenvalue weighted by molar-refractivity contribution is 7.12. The van der Waals surface area contributed by atoms with Crippen LogP contribution in [-0.4, -0.2) is 33.9 Å². The molecule has 1 aliphatic rings. The minimum Gasteiger partial charge on any atom is -0.343 e. The van der Waals surface area contributed by atoms with E-state index in [1.807, 2.05) is 54.0 Å². The van der Waals surface area contributed by atoms with E-state index in [0.29, 0.717) is 5.92 Å². The number of hydrogen-bond acceptors (Lipinski definition) is 5. The first-order valence-corrected chi connectivity index (χ1v) is 10.5. The molecule has 144 valence electrons. The van der Waals surface area contributed by atoms with Crippen LogP contribution in [0, 0.1) is 5.92 Å². The molecule has 0 radical (unpaired) electrons. The smallest absolute Gasteiger partial charge is 0.261 e. The summed E-state index contributed by atoms with van der Waals surface area (Å²) in [5.41, 5.74) is 2.01. The van der Waals surface area contributed by atoms with Crippen molar-refractivity contribution in [2.75, 3.05) is 13.1 Å². The highest BCUT2D eigenvalue weighted by Crippen LogP contribution is 2.30. The lowest BCUT2D eigenvalue weighted by Gasteiger charge is -2.37. The number of nitrogens with zero attached hydrogens (tertiary/aromatic N) is 3. The number of likely N-dealkylation sites (tertiary alicyclic amines) is 1. The minimum atomic E-state index is -0.0951. The Morgan fingerprint density at radius 2 is 2.00 bits per heavy atom. The first kappa shape index (κ1) is 18.8. The Morgan fingerprint density at radius 1 is 1.14 bits per heavy atom. The molecule has 0 saturated carbocycles. The fourth-order valence-corrected chi connectivity index (χ4v) is 4.47. The Balaban J connectivity index is 1.51. The van der Waals surface area contributed by atoms with Crippen LogP contribution in [0.15, 0.2) is 66.3 Å². The minimum absolute atomic E-state index is 0.0208. The molecule has 1 N–H and O–H groups in total. The number of carbonyl (C=O) groups excluding carboxylic acids is 1. The molecular weight excluding hydrogens is 368 g/mol. The molecule has 3 aromatic rings. The van der Waals surface area contributed by atoms with Crippen LogP contribution in [0.2, 0.25) is 0 Å². The first-order chi connectivity index (χ1) is 13.8. The van der Waals surface area contributed by atoms with Gasteiger partial charge in [-0.05, 0) is 61.0 Å². The molecule has 2 unspecified atom stereocenters. The van der Waals surface area contributed by atoms with Gasteiger partial charge in [-0.1, -0.05) is 18.2 Å². The molecule has 0 spiro atoms. The molecule has 5 nitrogen and oxygen atoms in total. The van der Waals surface area contributed by atoms with Gasteiger partial charge in [0.2, 0.25) is 0 Å². The van der Waals surface area contributed by atoms with Crippen molar-refractivity contribution in [3.63, 3.8) is 0 Å². The summed E-state index contributed by atoms with van der Waals surface area (Å²) in [6, 6.07) is 15.6. The van der Waals surface area contributed by atoms with E-state index in [1.54, 1.807) is 6.20 Å². The van der Waals surface area contributed by atoms with Crippen LogP contribution in [0.4, 0.5) is 0 Å². The van der Waals surface area contributed by atoms with Crippen LogP contribution in [0.1, 0.15) is 39.9 Å². The summed E-state index contributed by atoms with van der Waals surface area (Å²) in [7, 11) is 0. The summed E-state index contributed by atoms with van der Waals surface area (Å²) in [5.74, 6) is 0.295. The third kappa shape index (κ3) is 4.64. The summed E-state index contributed by atoms with van der Waals surface area (Å²) in [5, 5.41) is 5.19. The summed E-state index contributed by atoms with van der Waals surface area (Å²) >= 11 is 1.47. The van der Waals surface area contributed by atoms with Crippen molar-refractivity contribution in [3.05, 3.63) is 82.6 Å². The van der Waals surface area contributed by atoms with Crippen LogP contribution in [0.5, 0.6) is 0 Å². The van der Waals surface area contributed by atoms with Gasteiger partial charge in [0, 0.05) is 25.5 Å². The number of nitrogens with one attached hydrogen (secondary N) is 1. The molecule has 4 rings (SSSR count). The van der Waals surface area contributed by atoms with Gasteiger partial charge in [0.15, 0.2) is 0 Å². The van der Waals surface area contributed by atoms with Crippen molar-refractivity contribution in [2.24, 2.45) is 5.92 Å². The average Bonchev–Trinajstić information content (AvgIpc) is 3.29. The van der Waals surface area contributed by atoms with E-state index in [2.05, 4.69) is 26.3 Å². The fraction of sp³-hybridized carbons (Fsp3) is 0.318. The van der Waals surface area contributed by atoms with Crippen LogP contribution >= 0.6 is 11.3 Å². The van der Waals surface area contributed by atoms with E-state index >= 15 is 0 Å². The summed E-state index contributed by atoms with van der Waals surface area (Å²) < 4.78 is 0. The van der Waals surface area contributed by atoms with Gasteiger partial charge in [-0.2, -0.15) is 0 Å². The Bertz CT molecular complexity index is 870. The lowest BCUT2D eigenvalue weighted by molar-refractivity contribution is 0.0878. The monoisotopic (exact) mass is 392 g/mol. The van der Waals surface area contributed by atoms with Gasteiger partial charge in [-0.3, -0.25) is 19.7 Å². The Morgan fingerprint density at radius 3 is 2.71 bits per heavy atom. The maximum atomic E-state index is 12.8. The van der Waals surface area contributed by atoms with Gasteiger partial charge >= 0.3 is 0 Å². The Hall–Kier alpha value is -2.57. The number of carbonyl (C=O) groups is 1. The van der Waals surface area contributed by atoms with E-state index in [0.717, 1.165) is 48.7 Å². The number of thiophene rings is 1. The molecule has 28 heavy (non-hydrogen) atoms. The van der Waals surface area contributed by atoms with E-state index in [9.17, 15) is 4.79 Å². The molecule has 2 atom stereocenters. The second-order valence-corrected chi connectivity index (χ2v) is 8.09. The van der Waals surface area contributed by atoms with Crippen molar-refractivity contribution in [1.29, 1.82) is 0 Å².